The SMILES string of the molecule is O=C(O)c1c(Nc2ccc(Cl)cc2Br)nc2ccccn12. The molecule has 3 rings (SSSR count). The number of carbonyl (C=O) groups is 1. The summed E-state index contributed by atoms with van der Waals surface area (Å²) >= 11 is 9.28. The van der Waals surface area contributed by atoms with E-state index in [0.29, 0.717) is 16.4 Å². The van der Waals surface area contributed by atoms with Crippen LogP contribution in [0.3, 0.4) is 0 Å². The Balaban J connectivity index is 2.12. The first-order valence-corrected chi connectivity index (χ1v) is 7.16. The molecular weight excluding hydrogens is 358 g/mol. The maximum absolute atomic E-state index is 11.5. The Hall–Kier alpha value is -2.05. The molecule has 0 atom stereocenters. The molecule has 2 heterocycles. The number of hydrogen-bond donors (Lipinski definition) is 2. The van der Waals surface area contributed by atoms with Crippen molar-refractivity contribution in [2.24, 2.45) is 0 Å². The molecule has 0 unspecified atom stereocenters. The molecule has 1 aromatic carbocycles. The number of hydrogen-bond acceptors (Lipinski definition) is 3. The molecular formula is C14H9BrClN3O2. The summed E-state index contributed by atoms with van der Waals surface area (Å²) in [6, 6.07) is 10.5. The van der Waals surface area contributed by atoms with Crippen molar-refractivity contribution in [1.29, 1.82) is 0 Å². The number of imidazole rings is 1. The minimum atomic E-state index is -1.05. The number of fused-ring (bicyclic) bond motifs is 1. The van der Waals surface area contributed by atoms with Gasteiger partial charge < -0.3 is 10.4 Å². The van der Waals surface area contributed by atoms with E-state index < -0.39 is 5.97 Å². The second-order valence-electron chi connectivity index (χ2n) is 4.29. The van der Waals surface area contributed by atoms with E-state index in [1.807, 2.05) is 0 Å². The first-order valence-electron chi connectivity index (χ1n) is 5.99. The Bertz CT molecular complexity index is 847. The van der Waals surface area contributed by atoms with Crippen LogP contribution in [0.1, 0.15) is 10.5 Å². The summed E-state index contributed by atoms with van der Waals surface area (Å²) in [5, 5.41) is 13.0. The van der Waals surface area contributed by atoms with E-state index in [2.05, 4.69) is 26.2 Å². The number of nitrogens with one attached hydrogen (secondary N) is 1. The molecule has 21 heavy (non-hydrogen) atoms. The molecule has 2 N–H and O–H groups in total. The van der Waals surface area contributed by atoms with E-state index >= 15 is 0 Å². The summed E-state index contributed by atoms with van der Waals surface area (Å²) in [6.45, 7) is 0. The van der Waals surface area contributed by atoms with Gasteiger partial charge in [0.25, 0.3) is 0 Å². The molecule has 0 aliphatic heterocycles. The van der Waals surface area contributed by atoms with Crippen LogP contribution in [0.4, 0.5) is 11.5 Å². The molecule has 3 aromatic rings. The molecule has 0 aliphatic rings. The van der Waals surface area contributed by atoms with E-state index in [-0.39, 0.29) is 11.5 Å². The van der Waals surface area contributed by atoms with Gasteiger partial charge in [-0.1, -0.05) is 17.7 Å². The Morgan fingerprint density at radius 1 is 1.33 bits per heavy atom. The number of benzene rings is 1. The molecule has 2 aromatic heterocycles. The van der Waals surface area contributed by atoms with Crippen LogP contribution in [0.5, 0.6) is 0 Å². The lowest BCUT2D eigenvalue weighted by Gasteiger charge is -2.07. The molecule has 0 aliphatic carbocycles. The van der Waals surface area contributed by atoms with Gasteiger partial charge in [0.15, 0.2) is 11.5 Å². The van der Waals surface area contributed by atoms with Gasteiger partial charge in [-0.3, -0.25) is 4.40 Å². The number of carboxylic acid groups (broad SMARTS) is 1. The molecule has 0 spiro atoms. The normalized spacial score (nSPS) is 10.8. The maximum Gasteiger partial charge on any atom is 0.356 e. The van der Waals surface area contributed by atoms with Gasteiger partial charge in [-0.15, -0.1) is 0 Å². The van der Waals surface area contributed by atoms with Crippen LogP contribution < -0.4 is 5.32 Å². The van der Waals surface area contributed by atoms with Gasteiger partial charge in [-0.05, 0) is 46.3 Å². The third-order valence-corrected chi connectivity index (χ3v) is 3.81. The lowest BCUT2D eigenvalue weighted by atomic mass is 10.3. The van der Waals surface area contributed by atoms with Crippen molar-refractivity contribution in [2.45, 2.75) is 0 Å². The number of aromatic carboxylic acids is 1. The van der Waals surface area contributed by atoms with E-state index in [4.69, 9.17) is 11.6 Å². The molecule has 0 amide bonds. The average Bonchev–Trinajstić information content (AvgIpc) is 2.80. The number of carboxylic acids is 1. The van der Waals surface area contributed by atoms with Crippen LogP contribution in [0.2, 0.25) is 5.02 Å². The highest BCUT2D eigenvalue weighted by atomic mass is 79.9. The predicted molar refractivity (Wildman–Crippen MR) is 84.6 cm³/mol. The van der Waals surface area contributed by atoms with E-state index in [1.165, 1.54) is 4.40 Å². The van der Waals surface area contributed by atoms with Gasteiger partial charge >= 0.3 is 5.97 Å². The van der Waals surface area contributed by atoms with Crippen LogP contribution in [-0.4, -0.2) is 20.5 Å². The van der Waals surface area contributed by atoms with Crippen molar-refractivity contribution in [3.8, 4) is 0 Å². The summed E-state index contributed by atoms with van der Waals surface area (Å²) < 4.78 is 2.25. The van der Waals surface area contributed by atoms with Crippen molar-refractivity contribution < 1.29 is 9.90 Å². The van der Waals surface area contributed by atoms with Crippen molar-refractivity contribution in [2.75, 3.05) is 5.32 Å². The standard InChI is InChI=1S/C14H9BrClN3O2/c15-9-7-8(16)4-5-10(9)17-13-12(14(20)21)19-6-2-1-3-11(19)18-13/h1-7,17H,(H,20,21). The van der Waals surface area contributed by atoms with Gasteiger partial charge in [0.05, 0.1) is 5.69 Å². The van der Waals surface area contributed by atoms with Crippen molar-refractivity contribution in [3.63, 3.8) is 0 Å². The fraction of sp³-hybridized carbons (Fsp3) is 0. The van der Waals surface area contributed by atoms with Crippen LogP contribution in [-0.2, 0) is 0 Å². The van der Waals surface area contributed by atoms with Gasteiger partial charge in [-0.2, -0.15) is 0 Å². The predicted octanol–water partition coefficient (Wildman–Crippen LogP) is 4.19. The quantitative estimate of drug-likeness (QED) is 0.729. The number of halogens is 2. The third-order valence-electron chi connectivity index (χ3n) is 2.92. The molecule has 0 saturated carbocycles. The number of aromatic nitrogens is 2. The second kappa shape index (κ2) is 5.38. The van der Waals surface area contributed by atoms with Crippen LogP contribution in [0.15, 0.2) is 47.1 Å². The molecule has 5 nitrogen and oxygen atoms in total. The molecule has 0 bridgehead atoms. The van der Waals surface area contributed by atoms with Gasteiger partial charge in [0.2, 0.25) is 0 Å². The van der Waals surface area contributed by atoms with Crippen molar-refractivity contribution >= 4 is 50.7 Å². The zero-order valence-corrected chi connectivity index (χ0v) is 12.9. The number of nitrogens with zero attached hydrogens (tertiary/aromatic N) is 2. The highest BCUT2D eigenvalue weighted by Crippen LogP contribution is 2.30. The molecule has 0 saturated heterocycles. The summed E-state index contributed by atoms with van der Waals surface area (Å²) in [4.78, 5) is 15.8. The Morgan fingerprint density at radius 2 is 2.14 bits per heavy atom. The van der Waals surface area contributed by atoms with Crippen molar-refractivity contribution in [3.05, 3.63) is 57.8 Å². The summed E-state index contributed by atoms with van der Waals surface area (Å²) in [5.41, 5.74) is 1.32. The van der Waals surface area contributed by atoms with Crippen molar-refractivity contribution in [1.82, 2.24) is 9.38 Å². The first kappa shape index (κ1) is 13.9. The summed E-state index contributed by atoms with van der Waals surface area (Å²) in [6.07, 6.45) is 1.66. The second-order valence-corrected chi connectivity index (χ2v) is 5.58. The Labute approximate surface area is 133 Å². The number of pyridine rings is 1. The Morgan fingerprint density at radius 3 is 2.86 bits per heavy atom. The smallest absolute Gasteiger partial charge is 0.356 e. The van der Waals surface area contributed by atoms with Crippen LogP contribution in [0, 0.1) is 0 Å². The Kier molecular flexibility index (Phi) is 3.57. The van der Waals surface area contributed by atoms with Crippen LogP contribution in [0.25, 0.3) is 5.65 Å². The van der Waals surface area contributed by atoms with Gasteiger partial charge in [-0.25, -0.2) is 9.78 Å². The molecule has 106 valence electrons. The van der Waals surface area contributed by atoms with Gasteiger partial charge in [0.1, 0.15) is 5.65 Å². The average molecular weight is 367 g/mol. The third kappa shape index (κ3) is 2.59. The first-order chi connectivity index (χ1) is 10.1. The molecule has 0 fully saturated rings. The fourth-order valence-corrected chi connectivity index (χ4v) is 2.79. The largest absolute Gasteiger partial charge is 0.476 e. The summed E-state index contributed by atoms with van der Waals surface area (Å²) in [7, 11) is 0. The zero-order chi connectivity index (χ0) is 15.0. The number of anilines is 2. The monoisotopic (exact) mass is 365 g/mol. The maximum atomic E-state index is 11.5. The summed E-state index contributed by atoms with van der Waals surface area (Å²) in [5.74, 6) is -0.780. The van der Waals surface area contributed by atoms with Gasteiger partial charge in [0, 0.05) is 15.7 Å². The molecule has 7 heteroatoms. The minimum Gasteiger partial charge on any atom is -0.476 e. The fourth-order valence-electron chi connectivity index (χ4n) is 2.01. The number of rotatable bonds is 3. The highest BCUT2D eigenvalue weighted by molar-refractivity contribution is 9.10. The topological polar surface area (TPSA) is 66.6 Å². The minimum absolute atomic E-state index is 0.0763. The highest BCUT2D eigenvalue weighted by Gasteiger charge is 2.19. The lowest BCUT2D eigenvalue weighted by Crippen LogP contribution is -2.05. The molecule has 0 radical (unpaired) electrons. The lowest BCUT2D eigenvalue weighted by molar-refractivity contribution is 0.0690. The zero-order valence-electron chi connectivity index (χ0n) is 10.5. The van der Waals surface area contributed by atoms with E-state index in [9.17, 15) is 9.90 Å². The van der Waals surface area contributed by atoms with E-state index in [1.54, 1.807) is 42.6 Å². The van der Waals surface area contributed by atoms with Crippen LogP contribution >= 0.6 is 27.5 Å². The van der Waals surface area contributed by atoms with E-state index in [0.717, 1.165) is 4.47 Å².